The van der Waals surface area contributed by atoms with Crippen LogP contribution >= 0.6 is 0 Å². The number of hydrogen-bond acceptors (Lipinski definition) is 6. The molecule has 0 aliphatic heterocycles. The van der Waals surface area contributed by atoms with Gasteiger partial charge in [-0.2, -0.15) is 0 Å². The van der Waals surface area contributed by atoms with E-state index in [2.05, 4.69) is 44.7 Å². The number of ether oxygens (including phenoxy) is 1. The van der Waals surface area contributed by atoms with Crippen molar-refractivity contribution in [2.24, 2.45) is 5.16 Å². The van der Waals surface area contributed by atoms with Gasteiger partial charge in [-0.25, -0.2) is 4.79 Å². The molecule has 0 aliphatic rings. The first-order valence-electron chi connectivity index (χ1n) is 10.3. The van der Waals surface area contributed by atoms with Crippen LogP contribution in [0.25, 0.3) is 0 Å². The lowest BCUT2D eigenvalue weighted by molar-refractivity contribution is 0.0693. The zero-order chi connectivity index (χ0) is 23.3. The summed E-state index contributed by atoms with van der Waals surface area (Å²) in [6, 6.07) is 7.96. The fraction of sp³-hybridized carbons (Fsp3) is 0.417. The van der Waals surface area contributed by atoms with Gasteiger partial charge in [0.25, 0.3) is 0 Å². The molecule has 2 aromatic carbocycles. The number of anilines is 1. The van der Waals surface area contributed by atoms with Crippen molar-refractivity contribution in [2.75, 3.05) is 24.6 Å². The van der Waals surface area contributed by atoms with E-state index in [1.807, 2.05) is 19.1 Å². The first-order valence-corrected chi connectivity index (χ1v) is 10.3. The molecule has 2 rings (SSSR count). The van der Waals surface area contributed by atoms with Gasteiger partial charge in [0.2, 0.25) is 0 Å². The third-order valence-electron chi connectivity index (χ3n) is 5.22. The van der Waals surface area contributed by atoms with E-state index >= 15 is 0 Å². The fourth-order valence-corrected chi connectivity index (χ4v) is 3.58. The average Bonchev–Trinajstić information content (AvgIpc) is 2.69. The summed E-state index contributed by atoms with van der Waals surface area (Å²) < 4.78 is 5.66. The van der Waals surface area contributed by atoms with Gasteiger partial charge in [0.05, 0.1) is 0 Å². The minimum Gasteiger partial charge on any atom is -0.507 e. The highest BCUT2D eigenvalue weighted by Gasteiger charge is 2.24. The lowest BCUT2D eigenvalue weighted by Gasteiger charge is -2.32. The Kier molecular flexibility index (Phi) is 7.55. The molecule has 0 bridgehead atoms. The molecule has 0 saturated carbocycles. The predicted octanol–water partition coefficient (Wildman–Crippen LogP) is 4.80. The minimum absolute atomic E-state index is 0.0456. The molecule has 0 atom stereocenters. The van der Waals surface area contributed by atoms with Crippen molar-refractivity contribution < 1.29 is 25.0 Å². The third-order valence-corrected chi connectivity index (χ3v) is 5.22. The molecule has 0 heterocycles. The van der Waals surface area contributed by atoms with Crippen LogP contribution in [0.4, 0.5) is 5.69 Å². The summed E-state index contributed by atoms with van der Waals surface area (Å²) in [6.45, 7) is 14.5. The predicted molar refractivity (Wildman–Crippen MR) is 122 cm³/mol. The number of carbonyl (C=O) groups is 1. The van der Waals surface area contributed by atoms with Crippen molar-refractivity contribution in [2.45, 2.75) is 47.0 Å². The molecule has 0 aromatic heterocycles. The van der Waals surface area contributed by atoms with Crippen LogP contribution < -0.4 is 9.64 Å². The van der Waals surface area contributed by atoms with Gasteiger partial charge in [-0.3, -0.25) is 0 Å². The molecular formula is C24H32N2O5. The van der Waals surface area contributed by atoms with Gasteiger partial charge in [-0.1, -0.05) is 25.9 Å². The third kappa shape index (κ3) is 5.48. The smallest absolute Gasteiger partial charge is 0.339 e. The van der Waals surface area contributed by atoms with Crippen LogP contribution in [0.3, 0.4) is 0 Å². The molecule has 0 saturated heterocycles. The van der Waals surface area contributed by atoms with Gasteiger partial charge >= 0.3 is 5.97 Å². The average molecular weight is 429 g/mol. The van der Waals surface area contributed by atoms with Gasteiger partial charge in [0.15, 0.2) is 0 Å². The monoisotopic (exact) mass is 428 g/mol. The van der Waals surface area contributed by atoms with E-state index in [9.17, 15) is 15.1 Å². The molecule has 168 valence electrons. The number of aromatic hydroxyl groups is 1. The van der Waals surface area contributed by atoms with Crippen LogP contribution in [-0.4, -0.2) is 46.8 Å². The molecule has 31 heavy (non-hydrogen) atoms. The van der Waals surface area contributed by atoms with Crippen molar-refractivity contribution in [3.05, 3.63) is 52.6 Å². The Bertz CT molecular complexity index is 973. The quantitative estimate of drug-likeness (QED) is 0.317. The molecule has 7 heteroatoms. The first-order chi connectivity index (χ1) is 14.5. The van der Waals surface area contributed by atoms with Crippen molar-refractivity contribution in [1.29, 1.82) is 0 Å². The molecule has 0 spiro atoms. The van der Waals surface area contributed by atoms with E-state index in [1.54, 1.807) is 0 Å². The number of aryl methyl sites for hydroxylation is 1. The molecule has 7 nitrogen and oxygen atoms in total. The van der Waals surface area contributed by atoms with E-state index in [4.69, 9.17) is 9.84 Å². The van der Waals surface area contributed by atoms with E-state index in [1.165, 1.54) is 23.9 Å². The van der Waals surface area contributed by atoms with E-state index in [0.717, 1.165) is 29.8 Å². The zero-order valence-corrected chi connectivity index (χ0v) is 19.1. The van der Waals surface area contributed by atoms with Gasteiger partial charge < -0.3 is 25.1 Å². The number of carboxylic acids is 1. The van der Waals surface area contributed by atoms with E-state index < -0.39 is 5.97 Å². The number of rotatable bonds is 8. The SMILES string of the molecule is CCN(CC)c1c(C)cc(C(COc2ccc(C(=O)O)c(O)c2)=NO)cc1C(C)(C)C. The zero-order valence-electron chi connectivity index (χ0n) is 19.1. The standard InChI is InChI=1S/C24H32N2O5/c1-7-26(8-2)22-15(3)11-16(12-19(22)24(4,5)6)20(25-30)14-31-17-9-10-18(23(28)29)21(27)13-17/h9-13,27,30H,7-8,14H2,1-6H3,(H,28,29). The lowest BCUT2D eigenvalue weighted by Crippen LogP contribution is -2.28. The largest absolute Gasteiger partial charge is 0.507 e. The van der Waals surface area contributed by atoms with Crippen LogP contribution in [0.1, 0.15) is 61.7 Å². The van der Waals surface area contributed by atoms with Crippen LogP contribution in [0.15, 0.2) is 35.5 Å². The Morgan fingerprint density at radius 3 is 2.26 bits per heavy atom. The summed E-state index contributed by atoms with van der Waals surface area (Å²) in [6.07, 6.45) is 0. The van der Waals surface area contributed by atoms with E-state index in [0.29, 0.717) is 5.71 Å². The molecule has 0 fully saturated rings. The van der Waals surface area contributed by atoms with E-state index in [-0.39, 0.29) is 29.1 Å². The highest BCUT2D eigenvalue weighted by atomic mass is 16.5. The summed E-state index contributed by atoms with van der Waals surface area (Å²) in [7, 11) is 0. The Labute approximate surface area is 183 Å². The Hall–Kier alpha value is -3.22. The van der Waals surface area contributed by atoms with Gasteiger partial charge in [-0.15, -0.1) is 0 Å². The number of phenols is 1. The van der Waals surface area contributed by atoms with Crippen LogP contribution in [0.5, 0.6) is 11.5 Å². The first kappa shape index (κ1) is 24.1. The molecule has 0 unspecified atom stereocenters. The van der Waals surface area contributed by atoms with Crippen molar-refractivity contribution in [3.8, 4) is 11.5 Å². The second kappa shape index (κ2) is 9.73. The Morgan fingerprint density at radius 1 is 1.13 bits per heavy atom. The van der Waals surface area contributed by atoms with Crippen LogP contribution in [0, 0.1) is 6.92 Å². The maximum atomic E-state index is 11.0. The highest BCUT2D eigenvalue weighted by molar-refractivity contribution is 6.02. The van der Waals surface area contributed by atoms with Crippen molar-refractivity contribution >= 4 is 17.4 Å². The summed E-state index contributed by atoms with van der Waals surface area (Å²) >= 11 is 0. The lowest BCUT2D eigenvalue weighted by atomic mass is 9.82. The minimum atomic E-state index is -1.22. The van der Waals surface area contributed by atoms with Crippen molar-refractivity contribution in [3.63, 3.8) is 0 Å². The number of benzene rings is 2. The Balaban J connectivity index is 2.38. The van der Waals surface area contributed by atoms with Crippen LogP contribution in [0.2, 0.25) is 0 Å². The van der Waals surface area contributed by atoms with Gasteiger partial charge in [-0.05, 0) is 61.6 Å². The fourth-order valence-electron chi connectivity index (χ4n) is 3.58. The van der Waals surface area contributed by atoms with Gasteiger partial charge in [0, 0.05) is 30.4 Å². The summed E-state index contributed by atoms with van der Waals surface area (Å²) in [4.78, 5) is 13.4. The molecule has 0 aliphatic carbocycles. The number of hydrogen-bond donors (Lipinski definition) is 3. The molecule has 0 amide bonds. The molecule has 0 radical (unpaired) electrons. The summed E-state index contributed by atoms with van der Waals surface area (Å²) in [5, 5.41) is 32.0. The highest BCUT2D eigenvalue weighted by Crippen LogP contribution is 2.36. The second-order valence-electron chi connectivity index (χ2n) is 8.43. The normalized spacial score (nSPS) is 12.0. The van der Waals surface area contributed by atoms with Crippen LogP contribution in [-0.2, 0) is 5.41 Å². The number of nitrogens with zero attached hydrogens (tertiary/aromatic N) is 2. The summed E-state index contributed by atoms with van der Waals surface area (Å²) in [5.74, 6) is -1.33. The van der Waals surface area contributed by atoms with Gasteiger partial charge in [0.1, 0.15) is 29.4 Å². The molecule has 2 aromatic rings. The maximum absolute atomic E-state index is 11.0. The topological polar surface area (TPSA) is 103 Å². The summed E-state index contributed by atoms with van der Waals surface area (Å²) in [5.41, 5.74) is 4.16. The number of carboxylic acid groups (broad SMARTS) is 1. The number of oxime groups is 1. The van der Waals surface area contributed by atoms with Crippen molar-refractivity contribution in [1.82, 2.24) is 0 Å². The Morgan fingerprint density at radius 2 is 1.77 bits per heavy atom. The second-order valence-corrected chi connectivity index (χ2v) is 8.43. The molecular weight excluding hydrogens is 396 g/mol. The maximum Gasteiger partial charge on any atom is 0.339 e. The molecule has 3 N–H and O–H groups in total. The number of aromatic carboxylic acids is 1.